The number of thioether (sulfide) groups is 1. The Hall–Kier alpha value is -2.01. The average molecular weight is 288 g/mol. The lowest BCUT2D eigenvalue weighted by atomic mass is 10.1. The van der Waals surface area contributed by atoms with Crippen molar-refractivity contribution in [2.75, 3.05) is 11.1 Å². The summed E-state index contributed by atoms with van der Waals surface area (Å²) < 4.78 is 0. The predicted molar refractivity (Wildman–Crippen MR) is 81.4 cm³/mol. The fourth-order valence-corrected chi connectivity index (χ4v) is 2.69. The molecular weight excluding hydrogens is 272 g/mol. The van der Waals surface area contributed by atoms with Crippen LogP contribution in [0.15, 0.2) is 47.5 Å². The van der Waals surface area contributed by atoms with Crippen molar-refractivity contribution >= 4 is 23.4 Å². The maximum Gasteiger partial charge on any atom is 0.338 e. The molecule has 0 aliphatic heterocycles. The molecule has 4 nitrogen and oxygen atoms in total. The normalized spacial score (nSPS) is 10.2. The Morgan fingerprint density at radius 3 is 2.80 bits per heavy atom. The molecule has 20 heavy (non-hydrogen) atoms. The minimum absolute atomic E-state index is 0.329. The van der Waals surface area contributed by atoms with Crippen LogP contribution in [0.5, 0.6) is 0 Å². The zero-order valence-electron chi connectivity index (χ0n) is 11.2. The van der Waals surface area contributed by atoms with Gasteiger partial charge in [-0.2, -0.15) is 0 Å². The Morgan fingerprint density at radius 2 is 2.15 bits per heavy atom. The zero-order valence-corrected chi connectivity index (χ0v) is 12.0. The Balaban J connectivity index is 2.22. The molecule has 1 aromatic carbocycles. The van der Waals surface area contributed by atoms with E-state index in [9.17, 15) is 9.90 Å². The first-order valence-electron chi connectivity index (χ1n) is 6.35. The molecule has 0 aliphatic rings. The van der Waals surface area contributed by atoms with Gasteiger partial charge in [0.25, 0.3) is 0 Å². The van der Waals surface area contributed by atoms with E-state index in [1.165, 1.54) is 11.8 Å². The Bertz CT molecular complexity index is 588. The van der Waals surface area contributed by atoms with Crippen molar-refractivity contribution in [2.45, 2.75) is 18.4 Å². The molecule has 0 aliphatic carbocycles. The van der Waals surface area contributed by atoms with Crippen LogP contribution in [0.2, 0.25) is 0 Å². The molecule has 0 saturated heterocycles. The highest BCUT2D eigenvalue weighted by molar-refractivity contribution is 7.99. The summed E-state index contributed by atoms with van der Waals surface area (Å²) in [4.78, 5) is 16.5. The summed E-state index contributed by atoms with van der Waals surface area (Å²) in [5, 5.41) is 12.6. The van der Waals surface area contributed by atoms with Crippen molar-refractivity contribution in [3.63, 3.8) is 0 Å². The highest BCUT2D eigenvalue weighted by Crippen LogP contribution is 2.28. The van der Waals surface area contributed by atoms with Crippen molar-refractivity contribution in [3.8, 4) is 0 Å². The molecule has 5 heteroatoms. The quantitative estimate of drug-likeness (QED) is 0.797. The minimum atomic E-state index is -0.912. The third kappa shape index (κ3) is 3.51. The van der Waals surface area contributed by atoms with Crippen LogP contribution < -0.4 is 5.32 Å². The van der Waals surface area contributed by atoms with Crippen molar-refractivity contribution in [2.24, 2.45) is 0 Å². The van der Waals surface area contributed by atoms with E-state index >= 15 is 0 Å². The Labute approximate surface area is 122 Å². The van der Waals surface area contributed by atoms with Crippen molar-refractivity contribution < 1.29 is 9.90 Å². The Morgan fingerprint density at radius 1 is 1.30 bits per heavy atom. The number of carboxylic acids is 1. The van der Waals surface area contributed by atoms with Crippen molar-refractivity contribution in [1.82, 2.24) is 4.98 Å². The van der Waals surface area contributed by atoms with E-state index < -0.39 is 5.97 Å². The largest absolute Gasteiger partial charge is 0.478 e. The second-order valence-electron chi connectivity index (χ2n) is 4.09. The van der Waals surface area contributed by atoms with Crippen LogP contribution in [-0.4, -0.2) is 21.8 Å². The van der Waals surface area contributed by atoms with Gasteiger partial charge in [0.2, 0.25) is 0 Å². The molecule has 0 atom stereocenters. The maximum atomic E-state index is 11.5. The lowest BCUT2D eigenvalue weighted by molar-refractivity contribution is 0.0694. The van der Waals surface area contributed by atoms with E-state index in [-0.39, 0.29) is 0 Å². The van der Waals surface area contributed by atoms with Crippen LogP contribution in [0, 0.1) is 0 Å². The van der Waals surface area contributed by atoms with Gasteiger partial charge in [-0.05, 0) is 30.0 Å². The van der Waals surface area contributed by atoms with Crippen LogP contribution in [0.3, 0.4) is 0 Å². The smallest absolute Gasteiger partial charge is 0.338 e. The fraction of sp³-hybridized carbons (Fsp3) is 0.200. The standard InChI is InChI=1S/C15H16N2O2S/c1-2-20-13-8-5-7-12(14(13)15(18)19)17-10-11-6-3-4-9-16-11/h3-9,17H,2,10H2,1H3,(H,18,19). The first-order chi connectivity index (χ1) is 9.72. The molecule has 0 fully saturated rings. The van der Waals surface area contributed by atoms with Crippen LogP contribution in [0.4, 0.5) is 5.69 Å². The van der Waals surface area contributed by atoms with Gasteiger partial charge in [0.15, 0.2) is 0 Å². The van der Waals surface area contributed by atoms with E-state index in [0.717, 1.165) is 16.3 Å². The van der Waals surface area contributed by atoms with Gasteiger partial charge in [0, 0.05) is 11.1 Å². The molecule has 1 aromatic heterocycles. The van der Waals surface area contributed by atoms with Crippen molar-refractivity contribution in [1.29, 1.82) is 0 Å². The van der Waals surface area contributed by atoms with Crippen molar-refractivity contribution in [3.05, 3.63) is 53.9 Å². The molecule has 0 bridgehead atoms. The molecule has 1 heterocycles. The number of aromatic carboxylic acids is 1. The van der Waals surface area contributed by atoms with Gasteiger partial charge in [-0.25, -0.2) is 4.79 Å². The maximum absolute atomic E-state index is 11.5. The monoisotopic (exact) mass is 288 g/mol. The topological polar surface area (TPSA) is 62.2 Å². The number of nitrogens with zero attached hydrogens (tertiary/aromatic N) is 1. The number of rotatable bonds is 6. The lowest BCUT2D eigenvalue weighted by Gasteiger charge is -2.12. The number of pyridine rings is 1. The highest BCUT2D eigenvalue weighted by Gasteiger charge is 2.15. The number of carbonyl (C=O) groups is 1. The number of carboxylic acid groups (broad SMARTS) is 1. The van der Waals surface area contributed by atoms with E-state index in [1.54, 1.807) is 12.3 Å². The third-order valence-electron chi connectivity index (χ3n) is 2.73. The summed E-state index contributed by atoms with van der Waals surface area (Å²) in [6.45, 7) is 2.51. The van der Waals surface area contributed by atoms with E-state index in [1.807, 2.05) is 37.3 Å². The minimum Gasteiger partial charge on any atom is -0.478 e. The number of hydrogen-bond acceptors (Lipinski definition) is 4. The van der Waals surface area contributed by atoms with Gasteiger partial charge < -0.3 is 10.4 Å². The molecule has 0 spiro atoms. The molecule has 2 rings (SSSR count). The van der Waals surface area contributed by atoms with E-state index in [0.29, 0.717) is 17.8 Å². The molecule has 0 radical (unpaired) electrons. The van der Waals surface area contributed by atoms with E-state index in [4.69, 9.17) is 0 Å². The summed E-state index contributed by atoms with van der Waals surface area (Å²) in [6.07, 6.45) is 1.72. The molecule has 0 unspecified atom stereocenters. The van der Waals surface area contributed by atoms with E-state index in [2.05, 4.69) is 10.3 Å². The van der Waals surface area contributed by atoms with Gasteiger partial charge in [-0.15, -0.1) is 11.8 Å². The van der Waals surface area contributed by atoms with Gasteiger partial charge in [0.05, 0.1) is 23.5 Å². The van der Waals surface area contributed by atoms with Crippen LogP contribution in [-0.2, 0) is 6.54 Å². The van der Waals surface area contributed by atoms with Gasteiger partial charge >= 0.3 is 5.97 Å². The number of hydrogen-bond donors (Lipinski definition) is 2. The second kappa shape index (κ2) is 6.96. The van der Waals surface area contributed by atoms with Gasteiger partial charge in [0.1, 0.15) is 0 Å². The first-order valence-corrected chi connectivity index (χ1v) is 7.33. The Kier molecular flexibility index (Phi) is 5.01. The fourth-order valence-electron chi connectivity index (χ4n) is 1.86. The lowest BCUT2D eigenvalue weighted by Crippen LogP contribution is -2.08. The molecule has 0 amide bonds. The molecule has 2 N–H and O–H groups in total. The number of nitrogens with one attached hydrogen (secondary N) is 1. The predicted octanol–water partition coefficient (Wildman–Crippen LogP) is 3.50. The summed E-state index contributed by atoms with van der Waals surface area (Å²) in [6, 6.07) is 11.1. The number of anilines is 1. The summed E-state index contributed by atoms with van der Waals surface area (Å²) in [7, 11) is 0. The SMILES string of the molecule is CCSc1cccc(NCc2ccccn2)c1C(=O)O. The number of benzene rings is 1. The molecule has 2 aromatic rings. The van der Waals surface area contributed by atoms with Crippen LogP contribution in [0.25, 0.3) is 0 Å². The summed E-state index contributed by atoms with van der Waals surface area (Å²) in [5.41, 5.74) is 1.83. The van der Waals surface area contributed by atoms with Gasteiger partial charge in [-0.1, -0.05) is 19.1 Å². The zero-order chi connectivity index (χ0) is 14.4. The third-order valence-corrected chi connectivity index (χ3v) is 3.67. The number of aromatic nitrogens is 1. The van der Waals surface area contributed by atoms with Crippen LogP contribution in [0.1, 0.15) is 23.0 Å². The molecule has 104 valence electrons. The first kappa shape index (κ1) is 14.4. The van der Waals surface area contributed by atoms with Gasteiger partial charge in [-0.3, -0.25) is 4.98 Å². The molecular formula is C15H16N2O2S. The van der Waals surface area contributed by atoms with Crippen LogP contribution >= 0.6 is 11.8 Å². The summed E-state index contributed by atoms with van der Waals surface area (Å²) in [5.74, 6) is -0.0747. The average Bonchev–Trinajstić information content (AvgIpc) is 2.46. The molecule has 0 saturated carbocycles. The highest BCUT2D eigenvalue weighted by atomic mass is 32.2. The summed E-state index contributed by atoms with van der Waals surface area (Å²) >= 11 is 1.53. The second-order valence-corrected chi connectivity index (χ2v) is 5.40.